The molecule has 0 radical (unpaired) electrons. The third-order valence-corrected chi connectivity index (χ3v) is 24.6. The molecule has 0 saturated carbocycles. The molecular weight excluding hydrogens is 445 g/mol. The summed E-state index contributed by atoms with van der Waals surface area (Å²) in [6.07, 6.45) is 6.43. The van der Waals surface area contributed by atoms with Crippen LogP contribution in [-0.4, -0.2) is 39.5 Å². The Morgan fingerprint density at radius 1 is 0.559 bits per heavy atom. The predicted molar refractivity (Wildman–Crippen MR) is 165 cm³/mol. The van der Waals surface area contributed by atoms with E-state index in [1.807, 2.05) is 0 Å². The van der Waals surface area contributed by atoms with Gasteiger partial charge in [0, 0.05) is 12.3 Å². The summed E-state index contributed by atoms with van der Waals surface area (Å²) in [4.78, 5) is 4.83. The Morgan fingerprint density at radius 3 is 1.24 bits per heavy atom. The van der Waals surface area contributed by atoms with Gasteiger partial charge in [-0.3, -0.25) is 4.99 Å². The zero-order chi connectivity index (χ0) is 26.9. The van der Waals surface area contributed by atoms with Crippen LogP contribution >= 0.6 is 0 Å². The molecule has 0 spiro atoms. The molecule has 0 aliphatic rings. The highest BCUT2D eigenvalue weighted by Gasteiger charge is 2.58. The van der Waals surface area contributed by atoms with Gasteiger partial charge in [-0.05, 0) is 71.9 Å². The van der Waals surface area contributed by atoms with Gasteiger partial charge >= 0.3 is 0 Å². The maximum atomic E-state index is 4.83. The summed E-state index contributed by atoms with van der Waals surface area (Å²) >= 11 is 0. The quantitative estimate of drug-likeness (QED) is 0.108. The lowest BCUT2D eigenvalue weighted by atomic mass is 10.1. The smallest absolute Gasteiger partial charge is 0.129 e. The van der Waals surface area contributed by atoms with Crippen molar-refractivity contribution in [2.45, 2.75) is 169 Å². The molecule has 0 aromatic carbocycles. The van der Waals surface area contributed by atoms with E-state index in [1.54, 1.807) is 0 Å². The van der Waals surface area contributed by atoms with Crippen molar-refractivity contribution in [3.05, 3.63) is 0 Å². The van der Waals surface area contributed by atoms with Crippen LogP contribution in [-0.2, 0) is 0 Å². The van der Waals surface area contributed by atoms with E-state index in [4.69, 9.17) is 4.99 Å². The average molecular weight is 511 g/mol. The van der Waals surface area contributed by atoms with Gasteiger partial charge in [-0.1, -0.05) is 110 Å². The third kappa shape index (κ3) is 8.03. The second kappa shape index (κ2) is 15.3. The van der Waals surface area contributed by atoms with E-state index >= 15 is 0 Å². The fraction of sp³-hybridized carbons (Fsp3) is 0.967. The summed E-state index contributed by atoms with van der Waals surface area (Å²) < 4.78 is 3.35. The van der Waals surface area contributed by atoms with E-state index in [-0.39, 0.29) is 0 Å². The van der Waals surface area contributed by atoms with Gasteiger partial charge in [0.05, 0.1) is 0 Å². The number of aliphatic imine (C=N–C) groups is 1. The Bertz CT molecular complexity index is 501. The zero-order valence-electron chi connectivity index (χ0n) is 26.4. The van der Waals surface area contributed by atoms with Crippen molar-refractivity contribution < 1.29 is 0 Å². The first-order chi connectivity index (χ1) is 15.6. The van der Waals surface area contributed by atoms with Gasteiger partial charge in [-0.2, -0.15) is 0 Å². The molecule has 0 saturated heterocycles. The van der Waals surface area contributed by atoms with Crippen LogP contribution in [0.1, 0.15) is 136 Å². The van der Waals surface area contributed by atoms with Crippen molar-refractivity contribution in [2.24, 2.45) is 10.9 Å². The number of nitrogens with zero attached hydrogens (tertiary/aromatic N) is 2. The van der Waals surface area contributed by atoms with Crippen LogP contribution < -0.4 is 0 Å². The van der Waals surface area contributed by atoms with Gasteiger partial charge in [0.2, 0.25) is 0 Å². The topological polar surface area (TPSA) is 15.6 Å². The minimum absolute atomic E-state index is 0.717. The molecule has 0 aromatic rings. The van der Waals surface area contributed by atoms with Gasteiger partial charge in [0.1, 0.15) is 16.5 Å². The first-order valence-electron chi connectivity index (χ1n) is 14.9. The number of hydrogen-bond donors (Lipinski definition) is 0. The summed E-state index contributed by atoms with van der Waals surface area (Å²) in [5, 5.41) is 0. The second-order valence-electron chi connectivity index (χ2n) is 13.5. The molecule has 0 aliphatic carbocycles. The zero-order valence-corrected chi connectivity index (χ0v) is 28.4. The Hall–Kier alpha value is 0.0638. The van der Waals surface area contributed by atoms with Crippen molar-refractivity contribution in [2.75, 3.05) is 13.1 Å². The molecular formula is C30H66N2Si2. The van der Waals surface area contributed by atoms with Crippen LogP contribution in [0.3, 0.4) is 0 Å². The highest BCUT2D eigenvalue weighted by atomic mass is 28.4. The molecule has 0 atom stereocenters. The highest BCUT2D eigenvalue weighted by molar-refractivity contribution is 6.96. The van der Waals surface area contributed by atoms with Gasteiger partial charge in [0.15, 0.2) is 0 Å². The van der Waals surface area contributed by atoms with E-state index in [0.717, 1.165) is 46.2 Å². The average Bonchev–Trinajstić information content (AvgIpc) is 2.65. The Labute approximate surface area is 219 Å². The van der Waals surface area contributed by atoms with Crippen LogP contribution in [0.5, 0.6) is 0 Å². The van der Waals surface area contributed by atoms with E-state index in [0.29, 0.717) is 5.92 Å². The SMILES string of the molecule is CC(CC(C)C)=NCCCCCCN([Si](C(C)C)(C(C)C)C(C)C)[Si](C(C)C)(C(C)C)C(C)C. The molecule has 0 fully saturated rings. The summed E-state index contributed by atoms with van der Waals surface area (Å²) in [5.41, 5.74) is 6.05. The molecule has 0 amide bonds. The van der Waals surface area contributed by atoms with Crippen molar-refractivity contribution >= 4 is 22.2 Å². The van der Waals surface area contributed by atoms with Crippen LogP contribution in [0.4, 0.5) is 0 Å². The van der Waals surface area contributed by atoms with Gasteiger partial charge in [-0.25, -0.2) is 0 Å². The van der Waals surface area contributed by atoms with Crippen molar-refractivity contribution in [3.8, 4) is 0 Å². The van der Waals surface area contributed by atoms with E-state index < -0.39 is 16.5 Å². The largest absolute Gasteiger partial charge is 0.344 e. The van der Waals surface area contributed by atoms with Crippen LogP contribution in [0.2, 0.25) is 33.2 Å². The molecule has 0 rings (SSSR count). The lowest BCUT2D eigenvalue weighted by molar-refractivity contribution is 0.471. The fourth-order valence-electron chi connectivity index (χ4n) is 8.25. The summed E-state index contributed by atoms with van der Waals surface area (Å²) in [6.45, 7) is 39.9. The minimum atomic E-state index is -1.71. The third-order valence-electron chi connectivity index (χ3n) is 8.86. The predicted octanol–water partition coefficient (Wildman–Crippen LogP) is 10.7. The lowest BCUT2D eigenvalue weighted by Crippen LogP contribution is -2.73. The molecule has 0 aliphatic heterocycles. The maximum Gasteiger partial charge on any atom is 0.129 e. The van der Waals surface area contributed by atoms with E-state index in [9.17, 15) is 0 Å². The van der Waals surface area contributed by atoms with Crippen molar-refractivity contribution in [1.29, 1.82) is 0 Å². The first-order valence-corrected chi connectivity index (χ1v) is 19.2. The van der Waals surface area contributed by atoms with Crippen LogP contribution in [0, 0.1) is 5.92 Å². The molecule has 204 valence electrons. The lowest BCUT2D eigenvalue weighted by Gasteiger charge is -2.63. The normalized spacial score (nSPS) is 14.5. The number of unbranched alkanes of at least 4 members (excludes halogenated alkanes) is 3. The molecule has 0 unspecified atom stereocenters. The Balaban J connectivity index is 5.88. The maximum absolute atomic E-state index is 4.83. The van der Waals surface area contributed by atoms with Crippen LogP contribution in [0.15, 0.2) is 4.99 Å². The van der Waals surface area contributed by atoms with Gasteiger partial charge < -0.3 is 4.23 Å². The van der Waals surface area contributed by atoms with E-state index in [1.165, 1.54) is 37.9 Å². The first kappa shape index (κ1) is 34.1. The Morgan fingerprint density at radius 2 is 0.912 bits per heavy atom. The molecule has 2 nitrogen and oxygen atoms in total. The van der Waals surface area contributed by atoms with Gasteiger partial charge in [-0.15, -0.1) is 0 Å². The molecule has 0 aromatic heterocycles. The van der Waals surface area contributed by atoms with Crippen molar-refractivity contribution in [3.63, 3.8) is 0 Å². The minimum Gasteiger partial charge on any atom is -0.344 e. The number of rotatable bonds is 17. The second-order valence-corrected chi connectivity index (χ2v) is 25.5. The molecule has 34 heavy (non-hydrogen) atoms. The van der Waals surface area contributed by atoms with E-state index in [2.05, 4.69) is 108 Å². The molecule has 0 heterocycles. The molecule has 0 N–H and O–H groups in total. The van der Waals surface area contributed by atoms with Crippen molar-refractivity contribution in [1.82, 2.24) is 4.23 Å². The molecule has 4 heteroatoms. The molecule has 0 bridgehead atoms. The summed E-state index contributed by atoms with van der Waals surface area (Å²) in [6, 6.07) is 0. The monoisotopic (exact) mass is 510 g/mol. The van der Waals surface area contributed by atoms with Crippen LogP contribution in [0.25, 0.3) is 0 Å². The summed E-state index contributed by atoms with van der Waals surface area (Å²) in [5.74, 6) is 0.717. The fourth-order valence-corrected chi connectivity index (χ4v) is 28.4. The standard InChI is InChI=1S/C30H66N2Si2/c1-23(2)22-30(15)31-20-18-16-17-19-21-32(33(24(3)4,25(5)6)26(7)8)34(27(9)10,28(11)12)29(13)14/h23-29H,16-22H2,1-15H3. The highest BCUT2D eigenvalue weighted by Crippen LogP contribution is 2.53. The summed E-state index contributed by atoms with van der Waals surface area (Å²) in [7, 11) is -3.43. The Kier molecular flexibility index (Phi) is 15.4. The number of hydrogen-bond acceptors (Lipinski definition) is 2. The van der Waals surface area contributed by atoms with Gasteiger partial charge in [0.25, 0.3) is 0 Å².